The first kappa shape index (κ1) is 26.7. The number of carbonyl (C=O) groups is 4. The number of nitrogens with one attached hydrogen (secondary N) is 1. The Bertz CT molecular complexity index is 1670. The Labute approximate surface area is 221 Å². The topological polar surface area (TPSA) is 160 Å². The number of fused-ring (bicyclic) bond motifs is 1. The van der Waals surface area contributed by atoms with Crippen molar-refractivity contribution in [1.29, 1.82) is 0 Å². The average molecular weight is 528 g/mol. The van der Waals surface area contributed by atoms with Gasteiger partial charge in [0.2, 0.25) is 5.55 Å². The lowest BCUT2D eigenvalue weighted by Gasteiger charge is -2.11. The lowest BCUT2D eigenvalue weighted by Crippen LogP contribution is -2.22. The van der Waals surface area contributed by atoms with E-state index >= 15 is 0 Å². The van der Waals surface area contributed by atoms with Gasteiger partial charge in [-0.15, -0.1) is 0 Å². The van der Waals surface area contributed by atoms with Gasteiger partial charge >= 0.3 is 11.9 Å². The minimum absolute atomic E-state index is 0.00747. The van der Waals surface area contributed by atoms with Gasteiger partial charge in [-0.2, -0.15) is 0 Å². The summed E-state index contributed by atoms with van der Waals surface area (Å²) in [4.78, 5) is 56.6. The van der Waals surface area contributed by atoms with Gasteiger partial charge in [-0.05, 0) is 55.0 Å². The van der Waals surface area contributed by atoms with Crippen LogP contribution in [0.2, 0.25) is 0 Å². The first-order valence-corrected chi connectivity index (χ1v) is 11.6. The fourth-order valence-electron chi connectivity index (χ4n) is 3.65. The van der Waals surface area contributed by atoms with E-state index in [-0.39, 0.29) is 29.0 Å². The number of aryl methyl sites for hydroxylation is 1. The Morgan fingerprint density at radius 2 is 1.79 bits per heavy atom. The molecule has 0 unspecified atom stereocenters. The number of ether oxygens (including phenoxy) is 2. The second kappa shape index (κ2) is 11.4. The maximum Gasteiger partial charge on any atom is 0.337 e. The zero-order valence-corrected chi connectivity index (χ0v) is 21.1. The number of methoxy groups -OCH3 is 1. The van der Waals surface area contributed by atoms with Crippen LogP contribution in [-0.2, 0) is 20.9 Å². The lowest BCUT2D eigenvalue weighted by molar-refractivity contribution is -0.255. The molecular weight excluding hydrogens is 506 g/mol. The summed E-state index contributed by atoms with van der Waals surface area (Å²) < 4.78 is 15.9. The van der Waals surface area contributed by atoms with Crippen molar-refractivity contribution in [2.75, 3.05) is 12.4 Å². The predicted molar refractivity (Wildman–Crippen MR) is 136 cm³/mol. The Hall–Kier alpha value is -5.32. The van der Waals surface area contributed by atoms with Gasteiger partial charge in [-0.25, -0.2) is 9.79 Å². The van der Waals surface area contributed by atoms with E-state index in [1.54, 1.807) is 13.0 Å². The van der Waals surface area contributed by atoms with Crippen molar-refractivity contribution in [3.8, 4) is 0 Å². The summed E-state index contributed by atoms with van der Waals surface area (Å²) in [6.45, 7) is 2.87. The molecule has 0 atom stereocenters. The second-order valence-corrected chi connectivity index (χ2v) is 8.33. The van der Waals surface area contributed by atoms with Crippen molar-refractivity contribution >= 4 is 46.2 Å². The van der Waals surface area contributed by atoms with Crippen molar-refractivity contribution in [1.82, 2.24) is 4.98 Å². The SMILES string of the molecule is COC(=O)c1ccc(NC(=O)c2cc3c(COC(C)=O)cnc(C)c3oc2=Nc2cccc(C(=O)[O-])c2)cc1. The molecule has 0 aliphatic rings. The Kier molecular flexibility index (Phi) is 7.80. The molecule has 0 fully saturated rings. The number of rotatable bonds is 7. The van der Waals surface area contributed by atoms with Crippen LogP contribution in [0.15, 0.2) is 70.2 Å². The summed E-state index contributed by atoms with van der Waals surface area (Å²) in [6, 6.07) is 13.2. The van der Waals surface area contributed by atoms with Crippen LogP contribution in [0.3, 0.4) is 0 Å². The molecule has 4 rings (SSSR count). The van der Waals surface area contributed by atoms with Crippen LogP contribution in [0.4, 0.5) is 11.4 Å². The van der Waals surface area contributed by atoms with Gasteiger partial charge in [0.25, 0.3) is 5.91 Å². The predicted octanol–water partition coefficient (Wildman–Crippen LogP) is 2.83. The quantitative estimate of drug-likeness (QED) is 0.356. The van der Waals surface area contributed by atoms with Crippen molar-refractivity contribution in [2.45, 2.75) is 20.5 Å². The third-order valence-electron chi connectivity index (χ3n) is 5.60. The normalized spacial score (nSPS) is 11.2. The minimum Gasteiger partial charge on any atom is -0.545 e. The van der Waals surface area contributed by atoms with Gasteiger partial charge in [0.05, 0.1) is 30.0 Å². The lowest BCUT2D eigenvalue weighted by atomic mass is 10.1. The number of hydrogen-bond acceptors (Lipinski definition) is 10. The van der Waals surface area contributed by atoms with Crippen molar-refractivity contribution < 1.29 is 38.2 Å². The van der Waals surface area contributed by atoms with Gasteiger partial charge in [0.15, 0.2) is 5.58 Å². The highest BCUT2D eigenvalue weighted by atomic mass is 16.5. The van der Waals surface area contributed by atoms with Gasteiger partial charge < -0.3 is 29.1 Å². The number of hydrogen-bond donors (Lipinski definition) is 1. The standard InChI is InChI=1S/C28H23N3O8/c1-15-24-22(19(13-29-15)14-38-16(2)32)12-23(25(33)30-20-9-7-17(8-10-20)28(36)37-3)26(39-24)31-21-6-4-5-18(11-21)27(34)35/h4-13H,14H2,1-3H3,(H,30,33)(H,34,35)/p-1. The fraction of sp³-hybridized carbons (Fsp3) is 0.143. The van der Waals surface area contributed by atoms with E-state index < -0.39 is 23.8 Å². The molecule has 11 nitrogen and oxygen atoms in total. The molecule has 1 N–H and O–H groups in total. The molecule has 2 aromatic carbocycles. The molecule has 1 amide bonds. The van der Waals surface area contributed by atoms with Crippen LogP contribution in [0.5, 0.6) is 0 Å². The van der Waals surface area contributed by atoms with Crippen molar-refractivity contribution in [2.24, 2.45) is 4.99 Å². The largest absolute Gasteiger partial charge is 0.545 e. The number of esters is 2. The van der Waals surface area contributed by atoms with Crippen LogP contribution in [0.25, 0.3) is 11.0 Å². The molecule has 0 saturated heterocycles. The molecular formula is C28H22N3O8-. The van der Waals surface area contributed by atoms with Crippen LogP contribution >= 0.6 is 0 Å². The molecule has 0 spiro atoms. The molecule has 0 bridgehead atoms. The molecule has 39 heavy (non-hydrogen) atoms. The fourth-order valence-corrected chi connectivity index (χ4v) is 3.65. The summed E-state index contributed by atoms with van der Waals surface area (Å²) in [5, 5.41) is 14.5. The molecule has 0 aliphatic heterocycles. The zero-order valence-electron chi connectivity index (χ0n) is 21.1. The van der Waals surface area contributed by atoms with E-state index in [0.717, 1.165) is 0 Å². The summed E-state index contributed by atoms with van der Waals surface area (Å²) in [6.07, 6.45) is 1.52. The molecule has 2 aromatic heterocycles. The molecule has 4 aromatic rings. The van der Waals surface area contributed by atoms with Crippen LogP contribution < -0.4 is 16.0 Å². The highest BCUT2D eigenvalue weighted by Gasteiger charge is 2.18. The van der Waals surface area contributed by atoms with Gasteiger partial charge in [0.1, 0.15) is 12.2 Å². The third kappa shape index (κ3) is 6.16. The maximum atomic E-state index is 13.5. The molecule has 0 saturated carbocycles. The summed E-state index contributed by atoms with van der Waals surface area (Å²) >= 11 is 0. The number of nitrogens with zero attached hydrogens (tertiary/aromatic N) is 2. The maximum absolute atomic E-state index is 13.5. The van der Waals surface area contributed by atoms with Crippen LogP contribution in [-0.4, -0.2) is 35.9 Å². The Morgan fingerprint density at radius 3 is 2.46 bits per heavy atom. The number of carboxylic acids is 1. The summed E-state index contributed by atoms with van der Waals surface area (Å²) in [7, 11) is 1.27. The third-order valence-corrected chi connectivity index (χ3v) is 5.60. The van der Waals surface area contributed by atoms with E-state index in [2.05, 4.69) is 15.3 Å². The Balaban J connectivity index is 1.86. The summed E-state index contributed by atoms with van der Waals surface area (Å²) in [5.41, 5.74) is 1.96. The van der Waals surface area contributed by atoms with Crippen molar-refractivity contribution in [3.63, 3.8) is 0 Å². The number of aromatic carboxylic acids is 1. The number of carboxylic acid groups (broad SMARTS) is 1. The van der Waals surface area contributed by atoms with E-state index in [1.165, 1.54) is 68.8 Å². The van der Waals surface area contributed by atoms with Crippen LogP contribution in [0.1, 0.15) is 49.3 Å². The number of anilines is 1. The van der Waals surface area contributed by atoms with E-state index in [1.807, 2.05) is 0 Å². The second-order valence-electron chi connectivity index (χ2n) is 8.33. The first-order valence-electron chi connectivity index (χ1n) is 11.6. The highest BCUT2D eigenvalue weighted by molar-refractivity contribution is 6.06. The number of benzene rings is 2. The first-order chi connectivity index (χ1) is 18.7. The van der Waals surface area contributed by atoms with E-state index in [0.29, 0.717) is 33.5 Å². The number of amides is 1. The minimum atomic E-state index is -1.38. The molecule has 0 aliphatic carbocycles. The van der Waals surface area contributed by atoms with Gasteiger partial charge in [0, 0.05) is 29.8 Å². The number of carbonyl (C=O) groups excluding carboxylic acids is 4. The van der Waals surface area contributed by atoms with Gasteiger partial charge in [-0.3, -0.25) is 14.6 Å². The smallest absolute Gasteiger partial charge is 0.337 e. The average Bonchev–Trinajstić information content (AvgIpc) is 2.92. The molecule has 198 valence electrons. The zero-order chi connectivity index (χ0) is 28.1. The van der Waals surface area contributed by atoms with E-state index in [9.17, 15) is 24.3 Å². The van der Waals surface area contributed by atoms with Gasteiger partial charge in [-0.1, -0.05) is 12.1 Å². The van der Waals surface area contributed by atoms with Crippen LogP contribution in [0, 0.1) is 6.92 Å². The highest BCUT2D eigenvalue weighted by Crippen LogP contribution is 2.23. The Morgan fingerprint density at radius 1 is 1.05 bits per heavy atom. The monoisotopic (exact) mass is 528 g/mol. The molecule has 2 heterocycles. The number of aromatic nitrogens is 1. The molecule has 11 heteroatoms. The van der Waals surface area contributed by atoms with Crippen molar-refractivity contribution in [3.05, 3.63) is 94.3 Å². The van der Waals surface area contributed by atoms with E-state index in [4.69, 9.17) is 13.9 Å². The molecule has 0 radical (unpaired) electrons. The number of pyridine rings is 1. The summed E-state index contributed by atoms with van der Waals surface area (Å²) in [5.74, 6) is -3.00.